The van der Waals surface area contributed by atoms with Crippen molar-refractivity contribution in [2.24, 2.45) is 0 Å². The summed E-state index contributed by atoms with van der Waals surface area (Å²) in [5, 5.41) is 3.00. The lowest BCUT2D eigenvalue weighted by Crippen LogP contribution is -2.36. The van der Waals surface area contributed by atoms with Crippen LogP contribution in [0.15, 0.2) is 17.8 Å². The third kappa shape index (κ3) is 2.32. The van der Waals surface area contributed by atoms with E-state index in [0.717, 1.165) is 22.6 Å². The minimum atomic E-state index is -2.88. The van der Waals surface area contributed by atoms with Crippen LogP contribution in [-0.4, -0.2) is 42.5 Å². The van der Waals surface area contributed by atoms with E-state index in [1.54, 1.807) is 17.7 Å². The molecule has 0 unspecified atom stereocenters. The quantitative estimate of drug-likeness (QED) is 0.863. The summed E-state index contributed by atoms with van der Waals surface area (Å²) in [6, 6.07) is 2.04. The number of anilines is 1. The first kappa shape index (κ1) is 12.8. The Morgan fingerprint density at radius 3 is 3.00 bits per heavy atom. The van der Waals surface area contributed by atoms with Gasteiger partial charge in [-0.25, -0.2) is 18.4 Å². The molecule has 0 saturated carbocycles. The molecular weight excluding hydrogens is 282 g/mol. The van der Waals surface area contributed by atoms with Gasteiger partial charge in [0.25, 0.3) is 0 Å². The zero-order valence-electron chi connectivity index (χ0n) is 10.6. The van der Waals surface area contributed by atoms with E-state index in [1.807, 2.05) is 18.4 Å². The van der Waals surface area contributed by atoms with Crippen LogP contribution in [0.3, 0.4) is 0 Å². The molecule has 5 nitrogen and oxygen atoms in total. The highest BCUT2D eigenvalue weighted by molar-refractivity contribution is 7.91. The molecule has 1 aliphatic rings. The van der Waals surface area contributed by atoms with Gasteiger partial charge in [0.05, 0.1) is 16.9 Å². The van der Waals surface area contributed by atoms with E-state index in [1.165, 1.54) is 0 Å². The van der Waals surface area contributed by atoms with Crippen molar-refractivity contribution in [1.82, 2.24) is 9.97 Å². The first-order valence-electron chi connectivity index (χ1n) is 6.26. The molecule has 0 spiro atoms. The lowest BCUT2D eigenvalue weighted by atomic mass is 10.2. The smallest absolute Gasteiger partial charge is 0.152 e. The highest BCUT2D eigenvalue weighted by Gasteiger charge is 2.32. The van der Waals surface area contributed by atoms with E-state index < -0.39 is 9.84 Å². The fourth-order valence-corrected chi connectivity index (χ4v) is 5.07. The Labute approximate surface area is 116 Å². The molecule has 2 aromatic heterocycles. The van der Waals surface area contributed by atoms with E-state index in [9.17, 15) is 8.42 Å². The second kappa shape index (κ2) is 4.72. The predicted molar refractivity (Wildman–Crippen MR) is 77.5 cm³/mol. The maximum Gasteiger partial charge on any atom is 0.152 e. The van der Waals surface area contributed by atoms with Crippen LogP contribution in [0.5, 0.6) is 0 Å². The predicted octanol–water partition coefficient (Wildman–Crippen LogP) is 1.70. The number of rotatable bonds is 3. The summed E-state index contributed by atoms with van der Waals surface area (Å²) in [4.78, 5) is 11.7. The minimum Gasteiger partial charge on any atom is -0.352 e. The van der Waals surface area contributed by atoms with Crippen LogP contribution in [0.2, 0.25) is 0 Å². The Kier molecular flexibility index (Phi) is 3.18. The molecule has 1 aliphatic heterocycles. The van der Waals surface area contributed by atoms with Gasteiger partial charge in [-0.1, -0.05) is 0 Å². The van der Waals surface area contributed by atoms with Gasteiger partial charge in [0.2, 0.25) is 0 Å². The molecule has 0 aliphatic carbocycles. The number of hydrogen-bond acceptors (Lipinski definition) is 6. The summed E-state index contributed by atoms with van der Waals surface area (Å²) < 4.78 is 23.3. The molecule has 19 heavy (non-hydrogen) atoms. The topological polar surface area (TPSA) is 63.2 Å². The van der Waals surface area contributed by atoms with E-state index >= 15 is 0 Å². The number of hydrogen-bond donors (Lipinski definition) is 0. The lowest BCUT2D eigenvalue weighted by Gasteiger charge is -2.28. The van der Waals surface area contributed by atoms with Gasteiger partial charge in [-0.3, -0.25) is 0 Å². The van der Waals surface area contributed by atoms with Crippen LogP contribution >= 0.6 is 11.3 Å². The second-order valence-corrected chi connectivity index (χ2v) is 7.80. The number of aromatic nitrogens is 2. The summed E-state index contributed by atoms with van der Waals surface area (Å²) in [6.45, 7) is 2.79. The van der Waals surface area contributed by atoms with Crippen LogP contribution in [0, 0.1) is 0 Å². The largest absolute Gasteiger partial charge is 0.352 e. The van der Waals surface area contributed by atoms with Gasteiger partial charge in [-0.05, 0) is 24.8 Å². The minimum absolute atomic E-state index is 0.0352. The first-order valence-corrected chi connectivity index (χ1v) is 8.96. The van der Waals surface area contributed by atoms with Gasteiger partial charge >= 0.3 is 0 Å². The van der Waals surface area contributed by atoms with Crippen LogP contribution in [0.1, 0.15) is 13.3 Å². The van der Waals surface area contributed by atoms with Crippen LogP contribution in [-0.2, 0) is 9.84 Å². The van der Waals surface area contributed by atoms with Crippen molar-refractivity contribution in [2.75, 3.05) is 23.0 Å². The Hall–Kier alpha value is -1.21. The van der Waals surface area contributed by atoms with Gasteiger partial charge in [-0.2, -0.15) is 0 Å². The third-order valence-electron chi connectivity index (χ3n) is 3.50. The summed E-state index contributed by atoms with van der Waals surface area (Å²) in [7, 11) is -2.88. The summed E-state index contributed by atoms with van der Waals surface area (Å²) in [5.41, 5.74) is 0. The zero-order chi connectivity index (χ0) is 13.5. The van der Waals surface area contributed by atoms with Gasteiger partial charge in [0.15, 0.2) is 9.84 Å². The maximum absolute atomic E-state index is 11.6. The number of thiophene rings is 1. The molecule has 1 saturated heterocycles. The molecule has 0 amide bonds. The molecule has 3 heterocycles. The molecule has 0 N–H and O–H groups in total. The summed E-state index contributed by atoms with van der Waals surface area (Å²) in [5.74, 6) is 1.37. The normalized spacial score (nSPS) is 21.8. The van der Waals surface area contributed by atoms with Crippen molar-refractivity contribution >= 4 is 37.2 Å². The SMILES string of the molecule is CCN(c1ncnc2sccc12)[C@@H]1CCS(=O)(=O)C1. The summed E-state index contributed by atoms with van der Waals surface area (Å²) in [6.07, 6.45) is 2.24. The van der Waals surface area contributed by atoms with Crippen molar-refractivity contribution in [3.63, 3.8) is 0 Å². The monoisotopic (exact) mass is 297 g/mol. The molecular formula is C12H15N3O2S2. The van der Waals surface area contributed by atoms with E-state index in [0.29, 0.717) is 6.42 Å². The molecule has 3 rings (SSSR count). The van der Waals surface area contributed by atoms with E-state index in [2.05, 4.69) is 14.9 Å². The fourth-order valence-electron chi connectivity index (χ4n) is 2.61. The second-order valence-electron chi connectivity index (χ2n) is 4.68. The van der Waals surface area contributed by atoms with Crippen molar-refractivity contribution in [3.05, 3.63) is 17.8 Å². The number of sulfone groups is 1. The average Bonchev–Trinajstić information content (AvgIpc) is 2.97. The molecule has 1 fully saturated rings. The molecule has 102 valence electrons. The van der Waals surface area contributed by atoms with Crippen molar-refractivity contribution in [1.29, 1.82) is 0 Å². The Balaban J connectivity index is 2.01. The van der Waals surface area contributed by atoms with E-state index in [-0.39, 0.29) is 17.5 Å². The van der Waals surface area contributed by atoms with Crippen LogP contribution in [0.4, 0.5) is 5.82 Å². The molecule has 1 atom stereocenters. The van der Waals surface area contributed by atoms with Gasteiger partial charge in [0, 0.05) is 12.6 Å². The van der Waals surface area contributed by atoms with Gasteiger partial charge < -0.3 is 4.90 Å². The highest BCUT2D eigenvalue weighted by Crippen LogP contribution is 2.30. The van der Waals surface area contributed by atoms with Crippen molar-refractivity contribution < 1.29 is 8.42 Å². The number of nitrogens with zero attached hydrogens (tertiary/aromatic N) is 3. The Morgan fingerprint density at radius 1 is 1.47 bits per heavy atom. The Morgan fingerprint density at radius 2 is 2.32 bits per heavy atom. The van der Waals surface area contributed by atoms with Crippen molar-refractivity contribution in [3.8, 4) is 0 Å². The zero-order valence-corrected chi connectivity index (χ0v) is 12.2. The van der Waals surface area contributed by atoms with Crippen molar-refractivity contribution in [2.45, 2.75) is 19.4 Å². The van der Waals surface area contributed by atoms with E-state index in [4.69, 9.17) is 0 Å². The first-order chi connectivity index (χ1) is 9.11. The number of fused-ring (bicyclic) bond motifs is 1. The lowest BCUT2D eigenvalue weighted by molar-refractivity contribution is 0.599. The fraction of sp³-hybridized carbons (Fsp3) is 0.500. The Bertz CT molecular complexity index is 696. The molecule has 0 bridgehead atoms. The van der Waals surface area contributed by atoms with Gasteiger partial charge in [0.1, 0.15) is 17.0 Å². The maximum atomic E-state index is 11.6. The van der Waals surface area contributed by atoms with Crippen LogP contribution in [0.25, 0.3) is 10.2 Å². The average molecular weight is 297 g/mol. The summed E-state index contributed by atoms with van der Waals surface area (Å²) >= 11 is 1.58. The molecule has 0 aromatic carbocycles. The molecule has 2 aromatic rings. The van der Waals surface area contributed by atoms with Crippen LogP contribution < -0.4 is 4.90 Å². The highest BCUT2D eigenvalue weighted by atomic mass is 32.2. The molecule has 7 heteroatoms. The molecule has 0 radical (unpaired) electrons. The third-order valence-corrected chi connectivity index (χ3v) is 6.07. The standard InChI is InChI=1S/C12H15N3O2S2/c1-2-15(9-4-6-19(16,17)7-9)11-10-3-5-18-12(10)14-8-13-11/h3,5,8-9H,2,4,6-7H2,1H3/t9-/m1/s1. The van der Waals surface area contributed by atoms with Gasteiger partial charge in [-0.15, -0.1) is 11.3 Å².